The summed E-state index contributed by atoms with van der Waals surface area (Å²) in [5.74, 6) is 1.29. The van der Waals surface area contributed by atoms with Crippen molar-refractivity contribution in [1.29, 1.82) is 0 Å². The third-order valence-electron chi connectivity index (χ3n) is 3.61. The van der Waals surface area contributed by atoms with E-state index >= 15 is 0 Å². The summed E-state index contributed by atoms with van der Waals surface area (Å²) in [6.07, 6.45) is 5.03. The summed E-state index contributed by atoms with van der Waals surface area (Å²) in [7, 11) is 0. The molecule has 1 aliphatic carbocycles. The predicted octanol–water partition coefficient (Wildman–Crippen LogP) is 5.06. The van der Waals surface area contributed by atoms with Gasteiger partial charge in [0.25, 0.3) is 0 Å². The van der Waals surface area contributed by atoms with Gasteiger partial charge in [-0.2, -0.15) is 0 Å². The van der Waals surface area contributed by atoms with E-state index in [1.807, 2.05) is 30.3 Å². The normalized spacial score (nSPS) is 15.9. The maximum absolute atomic E-state index is 6.29. The first-order valence-corrected chi connectivity index (χ1v) is 7.99. The minimum absolute atomic E-state index is 0.551. The van der Waals surface area contributed by atoms with Crippen LogP contribution in [0.25, 0.3) is 11.4 Å². The zero-order valence-electron chi connectivity index (χ0n) is 10.4. The zero-order chi connectivity index (χ0) is 13.2. The van der Waals surface area contributed by atoms with E-state index in [1.54, 1.807) is 0 Å². The van der Waals surface area contributed by atoms with Crippen molar-refractivity contribution in [2.45, 2.75) is 31.6 Å². The third-order valence-corrected chi connectivity index (χ3v) is 5.27. The Morgan fingerprint density at radius 1 is 1.05 bits per heavy atom. The SMILES string of the molecule is Clc1nc(-c2ccccc2)nc(C2CCCC2)c1I. The van der Waals surface area contributed by atoms with Crippen LogP contribution in [-0.4, -0.2) is 9.97 Å². The highest BCUT2D eigenvalue weighted by Gasteiger charge is 2.23. The summed E-state index contributed by atoms with van der Waals surface area (Å²) in [5.41, 5.74) is 2.16. The Morgan fingerprint density at radius 3 is 2.42 bits per heavy atom. The monoisotopic (exact) mass is 384 g/mol. The molecular weight excluding hydrogens is 371 g/mol. The number of hydrogen-bond donors (Lipinski definition) is 0. The van der Waals surface area contributed by atoms with E-state index < -0.39 is 0 Å². The second-order valence-electron chi connectivity index (χ2n) is 4.88. The number of nitrogens with zero attached hydrogens (tertiary/aromatic N) is 2. The van der Waals surface area contributed by atoms with Gasteiger partial charge in [-0.15, -0.1) is 0 Å². The van der Waals surface area contributed by atoms with Gasteiger partial charge in [0.1, 0.15) is 5.15 Å². The highest BCUT2D eigenvalue weighted by molar-refractivity contribution is 14.1. The molecule has 0 N–H and O–H groups in total. The molecule has 0 saturated heterocycles. The first-order valence-electron chi connectivity index (χ1n) is 6.54. The van der Waals surface area contributed by atoms with E-state index in [4.69, 9.17) is 16.6 Å². The van der Waals surface area contributed by atoms with Crippen molar-refractivity contribution in [3.8, 4) is 11.4 Å². The summed E-state index contributed by atoms with van der Waals surface area (Å²) in [4.78, 5) is 9.20. The predicted molar refractivity (Wildman–Crippen MR) is 86.4 cm³/mol. The molecule has 98 valence electrons. The highest BCUT2D eigenvalue weighted by Crippen LogP contribution is 2.37. The molecule has 0 bridgehead atoms. The summed E-state index contributed by atoms with van der Waals surface area (Å²) >= 11 is 8.56. The fourth-order valence-electron chi connectivity index (χ4n) is 2.62. The molecule has 1 heterocycles. The molecule has 1 aromatic heterocycles. The Balaban J connectivity index is 2.07. The topological polar surface area (TPSA) is 25.8 Å². The van der Waals surface area contributed by atoms with Crippen LogP contribution in [0.2, 0.25) is 5.15 Å². The van der Waals surface area contributed by atoms with Gasteiger partial charge < -0.3 is 0 Å². The number of halogens is 2. The van der Waals surface area contributed by atoms with E-state index in [0.29, 0.717) is 11.1 Å². The van der Waals surface area contributed by atoms with Gasteiger partial charge in [0.2, 0.25) is 0 Å². The highest BCUT2D eigenvalue weighted by atomic mass is 127. The first-order chi connectivity index (χ1) is 9.25. The Morgan fingerprint density at radius 2 is 1.74 bits per heavy atom. The van der Waals surface area contributed by atoms with Crippen LogP contribution in [0.4, 0.5) is 0 Å². The van der Waals surface area contributed by atoms with E-state index in [2.05, 4.69) is 27.6 Å². The quantitative estimate of drug-likeness (QED) is 0.534. The van der Waals surface area contributed by atoms with Gasteiger partial charge in [0.15, 0.2) is 5.82 Å². The standard InChI is InChI=1S/C15H14ClIN2/c16-14-12(17)13(10-6-4-5-7-10)18-15(19-14)11-8-2-1-3-9-11/h1-3,8-10H,4-7H2. The molecule has 3 rings (SSSR count). The molecule has 0 atom stereocenters. The Bertz CT molecular complexity index is 580. The van der Waals surface area contributed by atoms with Gasteiger partial charge in [-0.25, -0.2) is 9.97 Å². The lowest BCUT2D eigenvalue weighted by Gasteiger charge is -2.13. The second kappa shape index (κ2) is 5.75. The molecular formula is C15H14ClIN2. The molecule has 1 fully saturated rings. The van der Waals surface area contributed by atoms with E-state index in [-0.39, 0.29) is 0 Å². The molecule has 1 aromatic carbocycles. The van der Waals surface area contributed by atoms with E-state index in [1.165, 1.54) is 25.7 Å². The maximum Gasteiger partial charge on any atom is 0.161 e. The van der Waals surface area contributed by atoms with Gasteiger partial charge >= 0.3 is 0 Å². The zero-order valence-corrected chi connectivity index (χ0v) is 13.4. The molecule has 2 aromatic rings. The molecule has 1 aliphatic rings. The van der Waals surface area contributed by atoms with Crippen LogP contribution in [0.3, 0.4) is 0 Å². The minimum Gasteiger partial charge on any atom is -0.232 e. The molecule has 0 radical (unpaired) electrons. The Kier molecular flexibility index (Phi) is 4.03. The van der Waals surface area contributed by atoms with Gasteiger partial charge in [0.05, 0.1) is 9.26 Å². The van der Waals surface area contributed by atoms with Crippen molar-refractivity contribution in [2.75, 3.05) is 0 Å². The molecule has 2 nitrogen and oxygen atoms in total. The van der Waals surface area contributed by atoms with Gasteiger partial charge in [-0.05, 0) is 35.4 Å². The fourth-order valence-corrected chi connectivity index (χ4v) is 3.48. The third kappa shape index (κ3) is 2.77. The number of benzene rings is 1. The van der Waals surface area contributed by atoms with Crippen LogP contribution < -0.4 is 0 Å². The second-order valence-corrected chi connectivity index (χ2v) is 6.32. The first kappa shape index (κ1) is 13.3. The largest absolute Gasteiger partial charge is 0.232 e. The lowest BCUT2D eigenvalue weighted by Crippen LogP contribution is -2.04. The van der Waals surface area contributed by atoms with E-state index in [9.17, 15) is 0 Å². The number of rotatable bonds is 2. The average molecular weight is 385 g/mol. The van der Waals surface area contributed by atoms with Crippen molar-refractivity contribution < 1.29 is 0 Å². The van der Waals surface area contributed by atoms with Gasteiger partial charge in [-0.3, -0.25) is 0 Å². The van der Waals surface area contributed by atoms with Crippen LogP contribution in [0.1, 0.15) is 37.3 Å². The molecule has 0 amide bonds. The van der Waals surface area contributed by atoms with Crippen molar-refractivity contribution in [3.63, 3.8) is 0 Å². The summed E-state index contributed by atoms with van der Waals surface area (Å²) in [5, 5.41) is 0.580. The van der Waals surface area contributed by atoms with Crippen molar-refractivity contribution in [2.24, 2.45) is 0 Å². The lowest BCUT2D eigenvalue weighted by molar-refractivity contribution is 0.690. The van der Waals surface area contributed by atoms with Crippen molar-refractivity contribution in [3.05, 3.63) is 44.7 Å². The smallest absolute Gasteiger partial charge is 0.161 e. The average Bonchev–Trinajstić information content (AvgIpc) is 2.96. The maximum atomic E-state index is 6.29. The van der Waals surface area contributed by atoms with Crippen molar-refractivity contribution in [1.82, 2.24) is 9.97 Å². The summed E-state index contributed by atoms with van der Waals surface area (Å²) < 4.78 is 1.02. The van der Waals surface area contributed by atoms with Gasteiger partial charge in [0, 0.05) is 11.5 Å². The van der Waals surface area contributed by atoms with Gasteiger partial charge in [-0.1, -0.05) is 54.8 Å². The van der Waals surface area contributed by atoms with Crippen LogP contribution in [0.15, 0.2) is 30.3 Å². The molecule has 1 saturated carbocycles. The summed E-state index contributed by atoms with van der Waals surface area (Å²) in [6.45, 7) is 0. The summed E-state index contributed by atoms with van der Waals surface area (Å²) in [6, 6.07) is 10.0. The van der Waals surface area contributed by atoms with Crippen LogP contribution in [0, 0.1) is 3.57 Å². The minimum atomic E-state index is 0.551. The lowest BCUT2D eigenvalue weighted by atomic mass is 10.0. The number of hydrogen-bond acceptors (Lipinski definition) is 2. The Labute approximate surface area is 131 Å². The molecule has 4 heteroatoms. The van der Waals surface area contributed by atoms with Crippen molar-refractivity contribution >= 4 is 34.2 Å². The molecule has 0 spiro atoms. The number of aromatic nitrogens is 2. The Hall–Kier alpha value is -0.680. The molecule has 19 heavy (non-hydrogen) atoms. The fraction of sp³-hybridized carbons (Fsp3) is 0.333. The van der Waals surface area contributed by atoms with Crippen LogP contribution in [-0.2, 0) is 0 Å². The van der Waals surface area contributed by atoms with Crippen LogP contribution in [0.5, 0.6) is 0 Å². The molecule has 0 aliphatic heterocycles. The molecule has 0 unspecified atom stereocenters. The van der Waals surface area contributed by atoms with Crippen LogP contribution >= 0.6 is 34.2 Å². The van der Waals surface area contributed by atoms with E-state index in [0.717, 1.165) is 20.7 Å².